The summed E-state index contributed by atoms with van der Waals surface area (Å²) in [5.41, 5.74) is 3.15. The normalized spacial score (nSPS) is 10.5. The molecule has 168 valence electrons. The summed E-state index contributed by atoms with van der Waals surface area (Å²) >= 11 is 0. The third-order valence-corrected chi connectivity index (χ3v) is 4.90. The van der Waals surface area contributed by atoms with Crippen LogP contribution in [0, 0.1) is 0 Å². The molecule has 4 rings (SSSR count). The number of nitrogens with zero attached hydrogens (tertiary/aromatic N) is 3. The Morgan fingerprint density at radius 3 is 2.67 bits per heavy atom. The molecular formula is C24H23N5O4. The van der Waals surface area contributed by atoms with Gasteiger partial charge in [0.25, 0.3) is 0 Å². The summed E-state index contributed by atoms with van der Waals surface area (Å²) in [5.74, 6) is 2.14. The Balaban J connectivity index is 1.40. The van der Waals surface area contributed by atoms with Crippen LogP contribution in [0.25, 0.3) is 11.4 Å². The Hall–Kier alpha value is -4.40. The van der Waals surface area contributed by atoms with E-state index < -0.39 is 0 Å². The molecule has 4 aromatic rings. The maximum Gasteiger partial charge on any atom is 0.319 e. The van der Waals surface area contributed by atoms with Crippen LogP contribution < -0.4 is 20.1 Å². The second-order valence-electron chi connectivity index (χ2n) is 7.08. The zero-order valence-electron chi connectivity index (χ0n) is 18.2. The van der Waals surface area contributed by atoms with E-state index in [0.717, 1.165) is 16.7 Å². The van der Waals surface area contributed by atoms with Gasteiger partial charge in [-0.3, -0.25) is 4.98 Å². The predicted molar refractivity (Wildman–Crippen MR) is 122 cm³/mol. The van der Waals surface area contributed by atoms with E-state index in [-0.39, 0.29) is 6.03 Å². The average Bonchev–Trinajstić information content (AvgIpc) is 3.33. The largest absolute Gasteiger partial charge is 0.493 e. The van der Waals surface area contributed by atoms with Crippen molar-refractivity contribution in [2.45, 2.75) is 13.0 Å². The number of para-hydroxylation sites is 1. The Bertz CT molecular complexity index is 1230. The summed E-state index contributed by atoms with van der Waals surface area (Å²) < 4.78 is 15.9. The molecule has 2 aromatic carbocycles. The lowest BCUT2D eigenvalue weighted by molar-refractivity contribution is 0.251. The lowest BCUT2D eigenvalue weighted by Gasteiger charge is -2.12. The second kappa shape index (κ2) is 10.3. The number of carbonyl (C=O) groups is 1. The lowest BCUT2D eigenvalue weighted by Crippen LogP contribution is -2.28. The third kappa shape index (κ3) is 5.45. The fourth-order valence-corrected chi connectivity index (χ4v) is 3.24. The molecule has 0 saturated carbocycles. The van der Waals surface area contributed by atoms with Gasteiger partial charge in [-0.25, -0.2) is 4.79 Å². The number of pyridine rings is 1. The summed E-state index contributed by atoms with van der Waals surface area (Å²) in [6.45, 7) is 0.326. The van der Waals surface area contributed by atoms with E-state index in [1.807, 2.05) is 48.5 Å². The first-order chi connectivity index (χ1) is 16.2. The van der Waals surface area contributed by atoms with Gasteiger partial charge in [-0.2, -0.15) is 4.98 Å². The third-order valence-electron chi connectivity index (χ3n) is 4.90. The van der Waals surface area contributed by atoms with Gasteiger partial charge in [-0.15, -0.1) is 0 Å². The van der Waals surface area contributed by atoms with Gasteiger partial charge in [0.15, 0.2) is 11.5 Å². The number of carbonyl (C=O) groups excluding carboxylic acids is 1. The maximum absolute atomic E-state index is 12.5. The number of ether oxygens (including phenoxy) is 2. The van der Waals surface area contributed by atoms with Crippen molar-refractivity contribution in [2.75, 3.05) is 19.5 Å². The van der Waals surface area contributed by atoms with Gasteiger partial charge >= 0.3 is 6.03 Å². The highest BCUT2D eigenvalue weighted by Crippen LogP contribution is 2.27. The number of amides is 2. The van der Waals surface area contributed by atoms with Crippen LogP contribution in [0.3, 0.4) is 0 Å². The number of anilines is 1. The van der Waals surface area contributed by atoms with E-state index in [0.29, 0.717) is 41.9 Å². The van der Waals surface area contributed by atoms with Crippen molar-refractivity contribution >= 4 is 11.7 Å². The minimum Gasteiger partial charge on any atom is -0.493 e. The fourth-order valence-electron chi connectivity index (χ4n) is 3.24. The molecule has 0 atom stereocenters. The highest BCUT2D eigenvalue weighted by atomic mass is 16.5. The van der Waals surface area contributed by atoms with Crippen LogP contribution in [-0.2, 0) is 13.0 Å². The number of nitrogens with one attached hydrogen (secondary N) is 2. The summed E-state index contributed by atoms with van der Waals surface area (Å²) in [6.07, 6.45) is 3.73. The number of rotatable bonds is 8. The Labute approximate surface area is 190 Å². The molecule has 2 N–H and O–H groups in total. The van der Waals surface area contributed by atoms with E-state index in [9.17, 15) is 4.79 Å². The van der Waals surface area contributed by atoms with Crippen molar-refractivity contribution in [1.29, 1.82) is 0 Å². The fraction of sp³-hybridized carbons (Fsp3) is 0.167. The molecule has 0 bridgehead atoms. The van der Waals surface area contributed by atoms with Gasteiger partial charge in [0.05, 0.1) is 20.6 Å². The van der Waals surface area contributed by atoms with Crippen molar-refractivity contribution in [3.63, 3.8) is 0 Å². The summed E-state index contributed by atoms with van der Waals surface area (Å²) in [7, 11) is 3.15. The molecule has 0 aliphatic heterocycles. The molecule has 33 heavy (non-hydrogen) atoms. The zero-order valence-corrected chi connectivity index (χ0v) is 18.2. The highest BCUT2D eigenvalue weighted by molar-refractivity contribution is 5.90. The van der Waals surface area contributed by atoms with E-state index >= 15 is 0 Å². The lowest BCUT2D eigenvalue weighted by atomic mass is 10.1. The van der Waals surface area contributed by atoms with Crippen molar-refractivity contribution in [1.82, 2.24) is 20.4 Å². The predicted octanol–water partition coefficient (Wildman–Crippen LogP) is 4.06. The minimum atomic E-state index is -0.334. The summed E-state index contributed by atoms with van der Waals surface area (Å²) in [6, 6.07) is 16.3. The first-order valence-corrected chi connectivity index (χ1v) is 10.2. The van der Waals surface area contributed by atoms with Crippen LogP contribution >= 0.6 is 0 Å². The van der Waals surface area contributed by atoms with Crippen LogP contribution in [-0.4, -0.2) is 35.4 Å². The molecule has 2 heterocycles. The first-order valence-electron chi connectivity index (χ1n) is 10.2. The van der Waals surface area contributed by atoms with Gasteiger partial charge in [-0.05, 0) is 41.5 Å². The van der Waals surface area contributed by atoms with E-state index in [2.05, 4.69) is 25.8 Å². The van der Waals surface area contributed by atoms with E-state index in [1.54, 1.807) is 32.7 Å². The van der Waals surface area contributed by atoms with Crippen LogP contribution in [0.15, 0.2) is 71.5 Å². The van der Waals surface area contributed by atoms with Gasteiger partial charge < -0.3 is 24.6 Å². The molecule has 0 unspecified atom stereocenters. The van der Waals surface area contributed by atoms with Crippen LogP contribution in [0.1, 0.15) is 17.0 Å². The molecular weight excluding hydrogens is 422 g/mol. The molecule has 0 spiro atoms. The number of aromatic nitrogens is 3. The number of benzene rings is 2. The monoisotopic (exact) mass is 445 g/mol. The molecule has 9 heteroatoms. The Morgan fingerprint density at radius 1 is 1.03 bits per heavy atom. The number of urea groups is 1. The maximum atomic E-state index is 12.5. The van der Waals surface area contributed by atoms with Gasteiger partial charge in [0.1, 0.15) is 0 Å². The minimum absolute atomic E-state index is 0.326. The molecule has 0 aliphatic carbocycles. The van der Waals surface area contributed by atoms with Crippen LogP contribution in [0.5, 0.6) is 11.5 Å². The Kier molecular flexibility index (Phi) is 6.79. The highest BCUT2D eigenvalue weighted by Gasteiger charge is 2.13. The molecule has 0 fully saturated rings. The van der Waals surface area contributed by atoms with Crippen LogP contribution in [0.2, 0.25) is 0 Å². The summed E-state index contributed by atoms with van der Waals surface area (Å²) in [5, 5.41) is 9.75. The van der Waals surface area contributed by atoms with Gasteiger partial charge in [-0.1, -0.05) is 29.4 Å². The van der Waals surface area contributed by atoms with Gasteiger partial charge in [0.2, 0.25) is 11.7 Å². The average molecular weight is 445 g/mol. The zero-order chi connectivity index (χ0) is 23.0. The smallest absolute Gasteiger partial charge is 0.319 e. The number of hydrogen-bond donors (Lipinski definition) is 2. The second-order valence-corrected chi connectivity index (χ2v) is 7.08. The molecule has 0 saturated heterocycles. The molecule has 2 amide bonds. The van der Waals surface area contributed by atoms with Crippen molar-refractivity contribution in [3.05, 3.63) is 84.0 Å². The molecule has 2 aromatic heterocycles. The number of hydrogen-bond acceptors (Lipinski definition) is 7. The van der Waals surface area contributed by atoms with Crippen molar-refractivity contribution in [2.24, 2.45) is 0 Å². The Morgan fingerprint density at radius 2 is 1.88 bits per heavy atom. The molecule has 0 radical (unpaired) electrons. The van der Waals surface area contributed by atoms with Crippen LogP contribution in [0.4, 0.5) is 10.5 Å². The quantitative estimate of drug-likeness (QED) is 0.421. The standard InChI is InChI=1S/C24H23N5O4/c1-31-20-10-9-16(12-21(20)32-2)14-26-24(30)27-19-8-4-3-6-17(19)13-22-28-23(29-33-22)18-7-5-11-25-15-18/h3-12,15H,13-14H2,1-2H3,(H2,26,27,30). The van der Waals surface area contributed by atoms with Crippen molar-refractivity contribution in [3.8, 4) is 22.9 Å². The SMILES string of the molecule is COc1ccc(CNC(=O)Nc2ccccc2Cc2nc(-c3cccnc3)no2)cc1OC. The first kappa shape index (κ1) is 21.8. The molecule has 9 nitrogen and oxygen atoms in total. The van der Waals surface area contributed by atoms with E-state index in [4.69, 9.17) is 14.0 Å². The topological polar surface area (TPSA) is 111 Å². The molecule has 0 aliphatic rings. The van der Waals surface area contributed by atoms with Crippen molar-refractivity contribution < 1.29 is 18.8 Å². The van der Waals surface area contributed by atoms with Gasteiger partial charge in [0, 0.05) is 30.2 Å². The summed E-state index contributed by atoms with van der Waals surface area (Å²) in [4.78, 5) is 21.0. The van der Waals surface area contributed by atoms with E-state index in [1.165, 1.54) is 0 Å². The number of methoxy groups -OCH3 is 2.